The zero-order valence-electron chi connectivity index (χ0n) is 13.1. The predicted octanol–water partition coefficient (Wildman–Crippen LogP) is 1.52. The minimum absolute atomic E-state index is 0.0749. The number of likely N-dealkylation sites (tertiary alicyclic amines) is 1. The van der Waals surface area contributed by atoms with Crippen LogP contribution in [-0.2, 0) is 6.54 Å². The summed E-state index contributed by atoms with van der Waals surface area (Å²) in [6.07, 6.45) is 3.59. The standard InChI is InChI=1S/C17H20N6/c1-12-8-13(14-4-2-3-5-16(14)20-12)9-22-10-15(18)17(11-22)23-7-6-19-21-23/h2-8,15,17H,9-11,18H2,1H3/t15-,17+/m1/s1. The van der Waals surface area contributed by atoms with E-state index in [1.165, 1.54) is 10.9 Å². The molecule has 1 aliphatic heterocycles. The fraction of sp³-hybridized carbons (Fsp3) is 0.353. The Morgan fingerprint density at radius 2 is 2.13 bits per heavy atom. The van der Waals surface area contributed by atoms with Gasteiger partial charge >= 0.3 is 0 Å². The first-order chi connectivity index (χ1) is 11.2. The van der Waals surface area contributed by atoms with Crippen molar-refractivity contribution in [2.75, 3.05) is 13.1 Å². The highest BCUT2D eigenvalue weighted by Gasteiger charge is 2.32. The Balaban J connectivity index is 1.60. The van der Waals surface area contributed by atoms with Crippen LogP contribution in [0.25, 0.3) is 10.9 Å². The van der Waals surface area contributed by atoms with Crippen molar-refractivity contribution in [3.05, 3.63) is 54.0 Å². The van der Waals surface area contributed by atoms with Crippen molar-refractivity contribution in [1.29, 1.82) is 0 Å². The van der Waals surface area contributed by atoms with Crippen molar-refractivity contribution in [3.8, 4) is 0 Å². The van der Waals surface area contributed by atoms with Crippen LogP contribution >= 0.6 is 0 Å². The monoisotopic (exact) mass is 308 g/mol. The average Bonchev–Trinajstić information content (AvgIpc) is 3.16. The highest BCUT2D eigenvalue weighted by molar-refractivity contribution is 5.82. The largest absolute Gasteiger partial charge is 0.325 e. The van der Waals surface area contributed by atoms with Crippen LogP contribution in [0.1, 0.15) is 17.3 Å². The quantitative estimate of drug-likeness (QED) is 0.794. The van der Waals surface area contributed by atoms with Crippen LogP contribution in [0.15, 0.2) is 42.7 Å². The molecule has 0 amide bonds. The lowest BCUT2D eigenvalue weighted by Crippen LogP contribution is -2.31. The highest BCUT2D eigenvalue weighted by atomic mass is 15.4. The fourth-order valence-corrected chi connectivity index (χ4v) is 3.46. The van der Waals surface area contributed by atoms with E-state index in [0.29, 0.717) is 0 Å². The molecule has 2 N–H and O–H groups in total. The third kappa shape index (κ3) is 2.71. The normalized spacial score (nSPS) is 22.0. The van der Waals surface area contributed by atoms with Gasteiger partial charge in [0.15, 0.2) is 0 Å². The summed E-state index contributed by atoms with van der Waals surface area (Å²) in [6.45, 7) is 4.67. The van der Waals surface area contributed by atoms with Crippen molar-refractivity contribution in [2.24, 2.45) is 5.73 Å². The summed E-state index contributed by atoms with van der Waals surface area (Å²) >= 11 is 0. The maximum atomic E-state index is 6.31. The van der Waals surface area contributed by atoms with Gasteiger partial charge in [0.1, 0.15) is 0 Å². The summed E-state index contributed by atoms with van der Waals surface area (Å²) in [5.41, 5.74) is 9.72. The van der Waals surface area contributed by atoms with E-state index in [2.05, 4.69) is 44.5 Å². The van der Waals surface area contributed by atoms with Crippen LogP contribution in [0, 0.1) is 6.92 Å². The molecule has 0 saturated carbocycles. The van der Waals surface area contributed by atoms with E-state index in [1.807, 2.05) is 23.9 Å². The number of aromatic nitrogens is 4. The molecule has 1 aromatic carbocycles. The van der Waals surface area contributed by atoms with Crippen LogP contribution in [-0.4, -0.2) is 44.0 Å². The van der Waals surface area contributed by atoms with E-state index in [0.717, 1.165) is 30.8 Å². The molecular formula is C17H20N6. The molecule has 1 fully saturated rings. The van der Waals surface area contributed by atoms with Crippen LogP contribution in [0.5, 0.6) is 0 Å². The van der Waals surface area contributed by atoms with E-state index in [9.17, 15) is 0 Å². The molecule has 0 aliphatic carbocycles. The molecule has 23 heavy (non-hydrogen) atoms. The summed E-state index contributed by atoms with van der Waals surface area (Å²) in [5.74, 6) is 0. The Bertz CT molecular complexity index is 813. The molecule has 6 nitrogen and oxygen atoms in total. The maximum absolute atomic E-state index is 6.31. The number of aryl methyl sites for hydroxylation is 1. The van der Waals surface area contributed by atoms with Crippen molar-refractivity contribution >= 4 is 10.9 Å². The summed E-state index contributed by atoms with van der Waals surface area (Å²) in [6, 6.07) is 10.7. The van der Waals surface area contributed by atoms with Gasteiger partial charge in [-0.1, -0.05) is 23.4 Å². The number of rotatable bonds is 3. The molecular weight excluding hydrogens is 288 g/mol. The molecule has 0 spiro atoms. The lowest BCUT2D eigenvalue weighted by Gasteiger charge is -2.17. The second kappa shape index (κ2) is 5.72. The Kier molecular flexibility index (Phi) is 3.55. The first kappa shape index (κ1) is 14.3. The molecule has 0 unspecified atom stereocenters. The number of benzene rings is 1. The number of nitrogens with two attached hydrogens (primary N) is 1. The van der Waals surface area contributed by atoms with Crippen LogP contribution < -0.4 is 5.73 Å². The zero-order chi connectivity index (χ0) is 15.8. The third-order valence-electron chi connectivity index (χ3n) is 4.51. The number of fused-ring (bicyclic) bond motifs is 1. The van der Waals surface area contributed by atoms with Gasteiger partial charge in [0.2, 0.25) is 0 Å². The number of pyridine rings is 1. The van der Waals surface area contributed by atoms with E-state index in [4.69, 9.17) is 5.73 Å². The van der Waals surface area contributed by atoms with Crippen molar-refractivity contribution in [1.82, 2.24) is 24.9 Å². The van der Waals surface area contributed by atoms with Gasteiger partial charge in [0, 0.05) is 43.0 Å². The summed E-state index contributed by atoms with van der Waals surface area (Å²) in [7, 11) is 0. The molecule has 2 aromatic heterocycles. The zero-order valence-corrected chi connectivity index (χ0v) is 13.1. The summed E-state index contributed by atoms with van der Waals surface area (Å²) in [5, 5.41) is 9.22. The molecule has 1 aliphatic rings. The Labute approximate surface area is 134 Å². The van der Waals surface area contributed by atoms with E-state index in [-0.39, 0.29) is 12.1 Å². The molecule has 0 radical (unpaired) electrons. The first-order valence-corrected chi connectivity index (χ1v) is 7.90. The second-order valence-corrected chi connectivity index (χ2v) is 6.25. The van der Waals surface area contributed by atoms with Crippen molar-refractivity contribution in [2.45, 2.75) is 25.6 Å². The molecule has 6 heteroatoms. The molecule has 1 saturated heterocycles. The van der Waals surface area contributed by atoms with Gasteiger partial charge in [-0.25, -0.2) is 4.68 Å². The Hall–Kier alpha value is -2.31. The fourth-order valence-electron chi connectivity index (χ4n) is 3.46. The van der Waals surface area contributed by atoms with Crippen molar-refractivity contribution < 1.29 is 0 Å². The lowest BCUT2D eigenvalue weighted by molar-refractivity contribution is 0.311. The van der Waals surface area contributed by atoms with Crippen LogP contribution in [0.2, 0.25) is 0 Å². The molecule has 2 atom stereocenters. The lowest BCUT2D eigenvalue weighted by atomic mass is 10.1. The van der Waals surface area contributed by atoms with Crippen LogP contribution in [0.3, 0.4) is 0 Å². The van der Waals surface area contributed by atoms with Gasteiger partial charge in [-0.15, -0.1) is 5.10 Å². The van der Waals surface area contributed by atoms with Gasteiger partial charge in [-0.05, 0) is 24.6 Å². The van der Waals surface area contributed by atoms with Crippen molar-refractivity contribution in [3.63, 3.8) is 0 Å². The van der Waals surface area contributed by atoms with Gasteiger partial charge < -0.3 is 5.73 Å². The molecule has 0 bridgehead atoms. The van der Waals surface area contributed by atoms with E-state index >= 15 is 0 Å². The Morgan fingerprint density at radius 3 is 2.96 bits per heavy atom. The second-order valence-electron chi connectivity index (χ2n) is 6.25. The number of hydrogen-bond donors (Lipinski definition) is 1. The van der Waals surface area contributed by atoms with Crippen LogP contribution in [0.4, 0.5) is 0 Å². The third-order valence-corrected chi connectivity index (χ3v) is 4.51. The molecule has 3 aromatic rings. The summed E-state index contributed by atoms with van der Waals surface area (Å²) < 4.78 is 1.88. The number of para-hydroxylation sites is 1. The van der Waals surface area contributed by atoms with Gasteiger partial charge in [0.25, 0.3) is 0 Å². The smallest absolute Gasteiger partial charge is 0.0826 e. The topological polar surface area (TPSA) is 72.9 Å². The Morgan fingerprint density at radius 1 is 1.26 bits per heavy atom. The molecule has 3 heterocycles. The predicted molar refractivity (Wildman–Crippen MR) is 88.8 cm³/mol. The minimum atomic E-state index is 0.0749. The average molecular weight is 308 g/mol. The highest BCUT2D eigenvalue weighted by Crippen LogP contribution is 2.25. The maximum Gasteiger partial charge on any atom is 0.0826 e. The van der Waals surface area contributed by atoms with E-state index < -0.39 is 0 Å². The first-order valence-electron chi connectivity index (χ1n) is 7.90. The van der Waals surface area contributed by atoms with Gasteiger partial charge in [0.05, 0.1) is 17.8 Å². The molecule has 118 valence electrons. The summed E-state index contributed by atoms with van der Waals surface area (Å²) in [4.78, 5) is 7.00. The molecule has 4 rings (SSSR count). The number of hydrogen-bond acceptors (Lipinski definition) is 5. The van der Waals surface area contributed by atoms with E-state index in [1.54, 1.807) is 6.20 Å². The SMILES string of the molecule is Cc1cc(CN2C[C@@H](N)[C@@H](n3ccnn3)C2)c2ccccc2n1. The number of nitrogens with zero attached hydrogens (tertiary/aromatic N) is 5. The van der Waals surface area contributed by atoms with Gasteiger partial charge in [-0.2, -0.15) is 0 Å². The van der Waals surface area contributed by atoms with Gasteiger partial charge in [-0.3, -0.25) is 9.88 Å². The minimum Gasteiger partial charge on any atom is -0.325 e.